The summed E-state index contributed by atoms with van der Waals surface area (Å²) in [4.78, 5) is 10.0. The molecule has 0 saturated heterocycles. The highest BCUT2D eigenvalue weighted by atomic mass is 14.8. The van der Waals surface area contributed by atoms with Crippen molar-refractivity contribution >= 4 is 0 Å². The number of rotatable bonds is 5. The Morgan fingerprint density at radius 2 is 0.658 bits per heavy atom. The molecule has 182 valence electrons. The molecular formula is C36H28N2. The van der Waals surface area contributed by atoms with E-state index in [1.165, 1.54) is 33.4 Å². The van der Waals surface area contributed by atoms with Gasteiger partial charge in [0, 0.05) is 11.1 Å². The Balaban J connectivity index is 1.32. The standard InChI is InChI=1S/C36H28N2/c1-25-15-19-27(20-16-25)29-7-3-9-31(23-29)33-11-5-13-35(37-33)36-14-6-12-34(38-36)32-10-4-8-30(24-32)28-21-17-26(2)18-22-28/h3-24H,1-2H3. The van der Waals surface area contributed by atoms with E-state index in [0.717, 1.165) is 33.9 Å². The monoisotopic (exact) mass is 488 g/mol. The summed E-state index contributed by atoms with van der Waals surface area (Å²) in [7, 11) is 0. The van der Waals surface area contributed by atoms with Gasteiger partial charge in [-0.3, -0.25) is 0 Å². The fraction of sp³-hybridized carbons (Fsp3) is 0.0556. The first-order valence-corrected chi connectivity index (χ1v) is 12.9. The molecule has 0 spiro atoms. The van der Waals surface area contributed by atoms with Gasteiger partial charge in [-0.15, -0.1) is 0 Å². The molecule has 6 rings (SSSR count). The lowest BCUT2D eigenvalue weighted by molar-refractivity contribution is 1.25. The van der Waals surface area contributed by atoms with Crippen LogP contribution in [0.1, 0.15) is 11.1 Å². The Labute approximate surface area is 224 Å². The molecule has 0 radical (unpaired) electrons. The van der Waals surface area contributed by atoms with E-state index in [9.17, 15) is 0 Å². The van der Waals surface area contributed by atoms with Crippen LogP contribution in [0.3, 0.4) is 0 Å². The molecule has 4 aromatic carbocycles. The first-order chi connectivity index (χ1) is 18.6. The van der Waals surface area contributed by atoms with Crippen molar-refractivity contribution in [1.82, 2.24) is 9.97 Å². The Hall–Kier alpha value is -4.82. The van der Waals surface area contributed by atoms with Crippen molar-refractivity contribution in [2.24, 2.45) is 0 Å². The molecule has 0 N–H and O–H groups in total. The van der Waals surface area contributed by atoms with Gasteiger partial charge in [0.25, 0.3) is 0 Å². The maximum atomic E-state index is 5.01. The SMILES string of the molecule is Cc1ccc(-c2cccc(-c3cccc(-c4cccc(-c5cccc(-c6ccc(C)cc6)c5)n4)n3)c2)cc1. The topological polar surface area (TPSA) is 25.8 Å². The van der Waals surface area contributed by atoms with Crippen LogP contribution < -0.4 is 0 Å². The van der Waals surface area contributed by atoms with Gasteiger partial charge in [-0.05, 0) is 72.5 Å². The van der Waals surface area contributed by atoms with Crippen LogP contribution in [-0.4, -0.2) is 9.97 Å². The van der Waals surface area contributed by atoms with E-state index in [1.54, 1.807) is 0 Å². The highest BCUT2D eigenvalue weighted by molar-refractivity contribution is 5.74. The predicted molar refractivity (Wildman–Crippen MR) is 159 cm³/mol. The van der Waals surface area contributed by atoms with Crippen LogP contribution in [0.4, 0.5) is 0 Å². The lowest BCUT2D eigenvalue weighted by atomic mass is 10.00. The number of aromatic nitrogens is 2. The van der Waals surface area contributed by atoms with E-state index in [4.69, 9.17) is 9.97 Å². The Bertz CT molecular complexity index is 1580. The third-order valence-corrected chi connectivity index (χ3v) is 6.85. The van der Waals surface area contributed by atoms with Crippen molar-refractivity contribution < 1.29 is 0 Å². The number of benzene rings is 4. The second-order valence-corrected chi connectivity index (χ2v) is 9.71. The van der Waals surface area contributed by atoms with Crippen molar-refractivity contribution in [3.05, 3.63) is 145 Å². The Morgan fingerprint density at radius 3 is 1.08 bits per heavy atom. The maximum Gasteiger partial charge on any atom is 0.0893 e. The average Bonchev–Trinajstić information content (AvgIpc) is 2.98. The Morgan fingerprint density at radius 1 is 0.316 bits per heavy atom. The van der Waals surface area contributed by atoms with Crippen LogP contribution in [0.15, 0.2) is 133 Å². The zero-order chi connectivity index (χ0) is 25.9. The second kappa shape index (κ2) is 10.3. The first-order valence-electron chi connectivity index (χ1n) is 12.9. The van der Waals surface area contributed by atoms with Gasteiger partial charge in [-0.2, -0.15) is 0 Å². The molecule has 2 heteroatoms. The fourth-order valence-corrected chi connectivity index (χ4v) is 4.68. The van der Waals surface area contributed by atoms with E-state index in [2.05, 4.69) is 135 Å². The molecule has 0 aliphatic carbocycles. The van der Waals surface area contributed by atoms with E-state index < -0.39 is 0 Å². The molecule has 0 bridgehead atoms. The molecule has 0 unspecified atom stereocenters. The molecule has 0 aliphatic rings. The smallest absolute Gasteiger partial charge is 0.0893 e. The maximum absolute atomic E-state index is 5.01. The molecule has 6 aromatic rings. The van der Waals surface area contributed by atoms with Crippen LogP contribution in [0.25, 0.3) is 56.2 Å². The van der Waals surface area contributed by atoms with Crippen LogP contribution in [-0.2, 0) is 0 Å². The highest BCUT2D eigenvalue weighted by Gasteiger charge is 2.09. The molecule has 2 nitrogen and oxygen atoms in total. The predicted octanol–water partition coefficient (Wildman–Crippen LogP) is 9.43. The Kier molecular flexibility index (Phi) is 6.37. The molecule has 2 aromatic heterocycles. The number of pyridine rings is 2. The van der Waals surface area contributed by atoms with Crippen LogP contribution >= 0.6 is 0 Å². The first kappa shape index (κ1) is 23.6. The van der Waals surface area contributed by atoms with Crippen molar-refractivity contribution in [1.29, 1.82) is 0 Å². The third-order valence-electron chi connectivity index (χ3n) is 6.85. The molecule has 2 heterocycles. The minimum atomic E-state index is 0.861. The summed E-state index contributed by atoms with van der Waals surface area (Å²) in [6.45, 7) is 4.22. The fourth-order valence-electron chi connectivity index (χ4n) is 4.68. The van der Waals surface area contributed by atoms with Gasteiger partial charge in [-0.1, -0.05) is 108 Å². The number of hydrogen-bond donors (Lipinski definition) is 0. The van der Waals surface area contributed by atoms with E-state index in [1.807, 2.05) is 12.1 Å². The third kappa shape index (κ3) is 5.02. The summed E-state index contributed by atoms with van der Waals surface area (Å²) in [6.07, 6.45) is 0. The molecule has 0 fully saturated rings. The van der Waals surface area contributed by atoms with Crippen LogP contribution in [0, 0.1) is 13.8 Å². The summed E-state index contributed by atoms with van der Waals surface area (Å²) in [5, 5.41) is 0. The van der Waals surface area contributed by atoms with E-state index in [0.29, 0.717) is 0 Å². The number of aryl methyl sites for hydroxylation is 2. The summed E-state index contributed by atoms with van der Waals surface area (Å²) in [5.74, 6) is 0. The van der Waals surface area contributed by atoms with Gasteiger partial charge in [0.1, 0.15) is 0 Å². The zero-order valence-electron chi connectivity index (χ0n) is 21.6. The molecule has 0 aliphatic heterocycles. The lowest BCUT2D eigenvalue weighted by Gasteiger charge is -2.09. The summed E-state index contributed by atoms with van der Waals surface area (Å²) < 4.78 is 0. The van der Waals surface area contributed by atoms with Crippen LogP contribution in [0.2, 0.25) is 0 Å². The van der Waals surface area contributed by atoms with Gasteiger partial charge in [0.15, 0.2) is 0 Å². The highest BCUT2D eigenvalue weighted by Crippen LogP contribution is 2.29. The molecule has 38 heavy (non-hydrogen) atoms. The van der Waals surface area contributed by atoms with Crippen LogP contribution in [0.5, 0.6) is 0 Å². The van der Waals surface area contributed by atoms with Crippen molar-refractivity contribution in [3.8, 4) is 56.2 Å². The van der Waals surface area contributed by atoms with Gasteiger partial charge >= 0.3 is 0 Å². The summed E-state index contributed by atoms with van der Waals surface area (Å²) in [6, 6.07) is 46.7. The summed E-state index contributed by atoms with van der Waals surface area (Å²) in [5.41, 5.74) is 13.1. The minimum absolute atomic E-state index is 0.861. The largest absolute Gasteiger partial charge is 0.246 e. The minimum Gasteiger partial charge on any atom is -0.246 e. The number of hydrogen-bond acceptors (Lipinski definition) is 2. The van der Waals surface area contributed by atoms with E-state index in [-0.39, 0.29) is 0 Å². The molecular weight excluding hydrogens is 460 g/mol. The normalized spacial score (nSPS) is 10.9. The van der Waals surface area contributed by atoms with Gasteiger partial charge in [-0.25, -0.2) is 9.97 Å². The molecule has 0 atom stereocenters. The average molecular weight is 489 g/mol. The van der Waals surface area contributed by atoms with Gasteiger partial charge < -0.3 is 0 Å². The quantitative estimate of drug-likeness (QED) is 0.241. The lowest BCUT2D eigenvalue weighted by Crippen LogP contribution is -1.92. The van der Waals surface area contributed by atoms with Gasteiger partial charge in [0.05, 0.1) is 22.8 Å². The van der Waals surface area contributed by atoms with Crippen molar-refractivity contribution in [3.63, 3.8) is 0 Å². The zero-order valence-corrected chi connectivity index (χ0v) is 21.6. The van der Waals surface area contributed by atoms with Gasteiger partial charge in [0.2, 0.25) is 0 Å². The van der Waals surface area contributed by atoms with Crippen molar-refractivity contribution in [2.45, 2.75) is 13.8 Å². The molecule has 0 amide bonds. The van der Waals surface area contributed by atoms with Crippen molar-refractivity contribution in [2.75, 3.05) is 0 Å². The second-order valence-electron chi connectivity index (χ2n) is 9.71. The van der Waals surface area contributed by atoms with E-state index >= 15 is 0 Å². The summed E-state index contributed by atoms with van der Waals surface area (Å²) >= 11 is 0. The molecule has 0 saturated carbocycles. The number of nitrogens with zero attached hydrogens (tertiary/aromatic N) is 2.